The number of carbonyl (C=O) groups is 4. The number of rotatable bonds is 7. The van der Waals surface area contributed by atoms with Gasteiger partial charge in [-0.1, -0.05) is 12.0 Å². The Morgan fingerprint density at radius 2 is 1.81 bits per heavy atom. The number of anilines is 1. The number of carbonyl (C=O) groups excluding carboxylic acids is 4. The van der Waals surface area contributed by atoms with Crippen molar-refractivity contribution in [2.45, 2.75) is 25.3 Å². The normalized spacial score (nSPS) is 22.0. The van der Waals surface area contributed by atoms with Crippen molar-refractivity contribution in [3.8, 4) is 12.3 Å². The van der Waals surface area contributed by atoms with E-state index in [1.165, 1.54) is 0 Å². The number of terminal acetylenes is 1. The zero-order chi connectivity index (χ0) is 22.7. The molecular weight excluding hydrogens is 410 g/mol. The highest BCUT2D eigenvalue weighted by molar-refractivity contribution is 6.25. The van der Waals surface area contributed by atoms with Crippen molar-refractivity contribution in [3.63, 3.8) is 0 Å². The molecule has 0 saturated carbocycles. The van der Waals surface area contributed by atoms with Crippen LogP contribution in [-0.4, -0.2) is 90.2 Å². The third kappa shape index (κ3) is 4.38. The fourth-order valence-corrected chi connectivity index (χ4v) is 4.49. The lowest BCUT2D eigenvalue weighted by Gasteiger charge is -2.33. The Labute approximate surface area is 187 Å². The number of piperazine rings is 1. The van der Waals surface area contributed by atoms with E-state index in [-0.39, 0.29) is 24.3 Å². The second kappa shape index (κ2) is 9.51. The molecule has 9 heteroatoms. The summed E-state index contributed by atoms with van der Waals surface area (Å²) in [5.74, 6) is 0.707. The number of nitrogens with one attached hydrogen (secondary N) is 2. The summed E-state index contributed by atoms with van der Waals surface area (Å²) in [5.41, 5.74) is 1.17. The Hall–Kier alpha value is -3.22. The Bertz CT molecular complexity index is 977. The summed E-state index contributed by atoms with van der Waals surface area (Å²) >= 11 is 0. The Morgan fingerprint density at radius 3 is 2.53 bits per heavy atom. The first-order chi connectivity index (χ1) is 15.5. The summed E-state index contributed by atoms with van der Waals surface area (Å²) in [6.45, 7) is 6.18. The van der Waals surface area contributed by atoms with Crippen LogP contribution < -0.4 is 10.6 Å². The van der Waals surface area contributed by atoms with Crippen LogP contribution in [0.15, 0.2) is 18.2 Å². The van der Waals surface area contributed by atoms with Gasteiger partial charge in [0.15, 0.2) is 0 Å². The van der Waals surface area contributed by atoms with Crippen molar-refractivity contribution in [1.29, 1.82) is 0 Å². The number of benzene rings is 1. The second-order valence-electron chi connectivity index (χ2n) is 8.28. The SMILES string of the molecule is C#CCN1CCN(CCCNc2cccc3c2C(=O)N(C2CCC(=O)NC2=O)C3=O)CC1. The Balaban J connectivity index is 1.35. The molecule has 0 aliphatic carbocycles. The van der Waals surface area contributed by atoms with E-state index in [4.69, 9.17) is 6.42 Å². The van der Waals surface area contributed by atoms with Crippen molar-refractivity contribution in [2.75, 3.05) is 51.1 Å². The standard InChI is InChI=1S/C23H27N5O4/c1-2-10-26-12-14-27(15-13-26)11-4-9-24-17-6-3-5-16-20(17)23(32)28(22(16)31)18-7-8-19(29)25-21(18)30/h1,3,5-6,18,24H,4,7-15H2,(H,25,29,30). The summed E-state index contributed by atoms with van der Waals surface area (Å²) in [6, 6.07) is 4.14. The first-order valence-corrected chi connectivity index (χ1v) is 11.0. The number of imide groups is 2. The first-order valence-electron chi connectivity index (χ1n) is 11.0. The molecule has 4 rings (SSSR count). The summed E-state index contributed by atoms with van der Waals surface area (Å²) in [7, 11) is 0. The molecule has 0 bridgehead atoms. The number of fused-ring (bicyclic) bond motifs is 1. The van der Waals surface area contributed by atoms with E-state index in [9.17, 15) is 19.2 Å². The third-order valence-corrected chi connectivity index (χ3v) is 6.21. The highest BCUT2D eigenvalue weighted by Gasteiger charge is 2.45. The molecule has 9 nitrogen and oxygen atoms in total. The lowest BCUT2D eigenvalue weighted by Crippen LogP contribution is -2.54. The number of nitrogens with zero attached hydrogens (tertiary/aromatic N) is 3. The highest BCUT2D eigenvalue weighted by atomic mass is 16.2. The van der Waals surface area contributed by atoms with Crippen molar-refractivity contribution in [3.05, 3.63) is 29.3 Å². The van der Waals surface area contributed by atoms with E-state index >= 15 is 0 Å². The van der Waals surface area contributed by atoms with Gasteiger partial charge >= 0.3 is 0 Å². The quantitative estimate of drug-likeness (QED) is 0.355. The summed E-state index contributed by atoms with van der Waals surface area (Å²) in [6.07, 6.45) is 6.51. The van der Waals surface area contributed by atoms with Gasteiger partial charge in [0.25, 0.3) is 11.8 Å². The topological polar surface area (TPSA) is 102 Å². The molecule has 32 heavy (non-hydrogen) atoms. The van der Waals surface area contributed by atoms with Crippen LogP contribution in [-0.2, 0) is 9.59 Å². The van der Waals surface area contributed by atoms with Crippen LogP contribution in [0.5, 0.6) is 0 Å². The minimum Gasteiger partial charge on any atom is -0.384 e. The van der Waals surface area contributed by atoms with Crippen molar-refractivity contribution in [1.82, 2.24) is 20.0 Å². The van der Waals surface area contributed by atoms with Gasteiger partial charge in [0, 0.05) is 44.8 Å². The molecular formula is C23H27N5O4. The second-order valence-corrected chi connectivity index (χ2v) is 8.28. The fourth-order valence-electron chi connectivity index (χ4n) is 4.49. The number of hydrogen-bond donors (Lipinski definition) is 2. The molecule has 2 fully saturated rings. The average Bonchev–Trinajstić information content (AvgIpc) is 3.04. The smallest absolute Gasteiger partial charge is 0.264 e. The summed E-state index contributed by atoms with van der Waals surface area (Å²) in [4.78, 5) is 55.3. The summed E-state index contributed by atoms with van der Waals surface area (Å²) < 4.78 is 0. The molecule has 3 aliphatic heterocycles. The van der Waals surface area contributed by atoms with Crippen LogP contribution in [0.3, 0.4) is 0 Å². The number of piperidine rings is 1. The van der Waals surface area contributed by atoms with Gasteiger partial charge < -0.3 is 10.2 Å². The van der Waals surface area contributed by atoms with E-state index in [1.54, 1.807) is 18.2 Å². The van der Waals surface area contributed by atoms with Crippen molar-refractivity contribution in [2.24, 2.45) is 0 Å². The molecule has 1 atom stereocenters. The first kappa shape index (κ1) is 22.0. The third-order valence-electron chi connectivity index (χ3n) is 6.21. The Kier molecular flexibility index (Phi) is 6.53. The van der Waals surface area contributed by atoms with Gasteiger partial charge in [0.1, 0.15) is 6.04 Å². The van der Waals surface area contributed by atoms with Crippen LogP contribution in [0.4, 0.5) is 5.69 Å². The highest BCUT2D eigenvalue weighted by Crippen LogP contribution is 2.32. The van der Waals surface area contributed by atoms with E-state index < -0.39 is 23.8 Å². The predicted octanol–water partition coefficient (Wildman–Crippen LogP) is 0.141. The molecule has 0 aromatic heterocycles. The molecule has 1 unspecified atom stereocenters. The maximum Gasteiger partial charge on any atom is 0.264 e. The van der Waals surface area contributed by atoms with Crippen molar-refractivity contribution < 1.29 is 19.2 Å². The Morgan fingerprint density at radius 1 is 1.06 bits per heavy atom. The van der Waals surface area contributed by atoms with E-state index in [0.29, 0.717) is 24.3 Å². The molecule has 2 saturated heterocycles. The predicted molar refractivity (Wildman–Crippen MR) is 118 cm³/mol. The summed E-state index contributed by atoms with van der Waals surface area (Å²) in [5, 5.41) is 5.50. The molecule has 4 amide bonds. The molecule has 0 radical (unpaired) electrons. The molecule has 1 aromatic rings. The van der Waals surface area contributed by atoms with Crippen LogP contribution in [0.1, 0.15) is 40.0 Å². The van der Waals surface area contributed by atoms with E-state index in [1.807, 2.05) is 0 Å². The van der Waals surface area contributed by atoms with Crippen LogP contribution in [0.2, 0.25) is 0 Å². The molecule has 3 aliphatic rings. The zero-order valence-electron chi connectivity index (χ0n) is 17.9. The number of amides is 4. The molecule has 1 aromatic carbocycles. The zero-order valence-corrected chi connectivity index (χ0v) is 17.9. The minimum atomic E-state index is -0.957. The van der Waals surface area contributed by atoms with Gasteiger partial charge in [-0.15, -0.1) is 6.42 Å². The van der Waals surface area contributed by atoms with Crippen LogP contribution >= 0.6 is 0 Å². The molecule has 0 spiro atoms. The largest absolute Gasteiger partial charge is 0.384 e. The van der Waals surface area contributed by atoms with Crippen molar-refractivity contribution >= 4 is 29.3 Å². The number of hydrogen-bond acceptors (Lipinski definition) is 7. The van der Waals surface area contributed by atoms with Gasteiger partial charge in [-0.2, -0.15) is 0 Å². The monoisotopic (exact) mass is 437 g/mol. The lowest BCUT2D eigenvalue weighted by molar-refractivity contribution is -0.136. The maximum absolute atomic E-state index is 13.1. The lowest BCUT2D eigenvalue weighted by atomic mass is 10.0. The van der Waals surface area contributed by atoms with E-state index in [0.717, 1.165) is 44.0 Å². The van der Waals surface area contributed by atoms with Crippen LogP contribution in [0, 0.1) is 12.3 Å². The van der Waals surface area contributed by atoms with Gasteiger partial charge in [0.2, 0.25) is 11.8 Å². The van der Waals surface area contributed by atoms with Gasteiger partial charge in [-0.25, -0.2) is 0 Å². The molecule has 3 heterocycles. The fraction of sp³-hybridized carbons (Fsp3) is 0.478. The van der Waals surface area contributed by atoms with Gasteiger partial charge in [-0.3, -0.25) is 34.3 Å². The minimum absolute atomic E-state index is 0.103. The van der Waals surface area contributed by atoms with Gasteiger partial charge in [-0.05, 0) is 31.5 Å². The van der Waals surface area contributed by atoms with Crippen LogP contribution in [0.25, 0.3) is 0 Å². The van der Waals surface area contributed by atoms with E-state index in [2.05, 4.69) is 26.4 Å². The molecule has 2 N–H and O–H groups in total. The molecule has 168 valence electrons. The average molecular weight is 438 g/mol. The maximum atomic E-state index is 13.1. The van der Waals surface area contributed by atoms with Gasteiger partial charge in [0.05, 0.1) is 17.7 Å².